The molecule has 1 saturated carbocycles. The van der Waals surface area contributed by atoms with Crippen LogP contribution in [0.4, 0.5) is 8.78 Å². The van der Waals surface area contributed by atoms with E-state index < -0.39 is 5.92 Å². The first-order chi connectivity index (χ1) is 12.9. The molecule has 0 aromatic carbocycles. The van der Waals surface area contributed by atoms with Gasteiger partial charge in [0.1, 0.15) is 0 Å². The number of morpholine rings is 1. The smallest absolute Gasteiger partial charge is 0.248 e. The fourth-order valence-electron chi connectivity index (χ4n) is 5.10. The molecule has 1 amide bonds. The fraction of sp³-hybridized carbons (Fsp3) is 0.947. The van der Waals surface area contributed by atoms with E-state index in [4.69, 9.17) is 4.74 Å². The number of carbonyl (C=O) groups excluding carboxylic acids is 1. The molecule has 0 spiro atoms. The van der Waals surface area contributed by atoms with Crippen LogP contribution in [-0.2, 0) is 9.53 Å². The zero-order valence-corrected chi connectivity index (χ0v) is 16.3. The summed E-state index contributed by atoms with van der Waals surface area (Å²) in [7, 11) is 0. The molecule has 0 radical (unpaired) electrons. The Morgan fingerprint density at radius 3 is 2.44 bits per heavy atom. The van der Waals surface area contributed by atoms with Gasteiger partial charge in [-0.15, -0.1) is 0 Å². The molecule has 6 nitrogen and oxygen atoms in total. The van der Waals surface area contributed by atoms with Crippen LogP contribution in [0.1, 0.15) is 39.5 Å². The van der Waals surface area contributed by atoms with Crippen molar-refractivity contribution in [3.05, 3.63) is 0 Å². The van der Waals surface area contributed by atoms with Gasteiger partial charge in [0.2, 0.25) is 11.8 Å². The number of nitrogens with zero attached hydrogens (tertiary/aromatic N) is 2. The molecule has 0 aromatic heterocycles. The number of fused-ring (bicyclic) bond motifs is 1. The Labute approximate surface area is 160 Å². The van der Waals surface area contributed by atoms with Crippen LogP contribution in [0.3, 0.4) is 0 Å². The highest BCUT2D eigenvalue weighted by molar-refractivity contribution is 5.80. The second-order valence-corrected chi connectivity index (χ2v) is 8.73. The third-order valence-electron chi connectivity index (χ3n) is 7.04. The molecule has 1 aliphatic carbocycles. The third-order valence-corrected chi connectivity index (χ3v) is 7.04. The zero-order chi connectivity index (χ0) is 19.2. The lowest BCUT2D eigenvalue weighted by Gasteiger charge is -2.55. The van der Waals surface area contributed by atoms with Crippen molar-refractivity contribution in [1.82, 2.24) is 20.4 Å². The van der Waals surface area contributed by atoms with Gasteiger partial charge in [-0.05, 0) is 25.7 Å². The predicted molar refractivity (Wildman–Crippen MR) is 97.3 cm³/mol. The van der Waals surface area contributed by atoms with Crippen LogP contribution >= 0.6 is 0 Å². The van der Waals surface area contributed by atoms with E-state index in [2.05, 4.69) is 15.5 Å². The Bertz CT molecular complexity index is 548. The van der Waals surface area contributed by atoms with Gasteiger partial charge in [-0.25, -0.2) is 8.78 Å². The van der Waals surface area contributed by atoms with E-state index in [1.54, 1.807) is 0 Å². The number of nitrogens with one attached hydrogen (secondary N) is 2. The number of hydrogen-bond acceptors (Lipinski definition) is 5. The molecule has 4 rings (SSSR count). The van der Waals surface area contributed by atoms with Crippen LogP contribution in [0, 0.1) is 11.8 Å². The minimum Gasteiger partial charge on any atom is -0.379 e. The number of ether oxygens (including phenoxy) is 1. The van der Waals surface area contributed by atoms with Crippen molar-refractivity contribution < 1.29 is 18.3 Å². The van der Waals surface area contributed by atoms with Gasteiger partial charge < -0.3 is 9.64 Å². The minimum atomic E-state index is -2.54. The van der Waals surface area contributed by atoms with E-state index in [1.165, 1.54) is 0 Å². The second-order valence-electron chi connectivity index (χ2n) is 8.73. The molecule has 154 valence electrons. The van der Waals surface area contributed by atoms with Crippen molar-refractivity contribution in [1.29, 1.82) is 0 Å². The normalized spacial score (nSPS) is 41.4. The monoisotopic (exact) mass is 386 g/mol. The first kappa shape index (κ1) is 19.5. The van der Waals surface area contributed by atoms with Crippen molar-refractivity contribution in [3.8, 4) is 0 Å². The van der Waals surface area contributed by atoms with Gasteiger partial charge in [0, 0.05) is 38.0 Å². The third kappa shape index (κ3) is 3.86. The molecule has 3 saturated heterocycles. The quantitative estimate of drug-likeness (QED) is 0.748. The standard InChI is InChI=1S/C19H32F2N4O2/c1-12-13(2)22-17-16(14-3-5-19(20,21)6-4-14)23-15(11-25(17)18(12)26)24-7-9-27-10-8-24/h12-17,22-23H,3-11H2,1-2H3. The zero-order valence-electron chi connectivity index (χ0n) is 16.3. The summed E-state index contributed by atoms with van der Waals surface area (Å²) < 4.78 is 32.9. The van der Waals surface area contributed by atoms with Crippen molar-refractivity contribution in [2.45, 2.75) is 69.9 Å². The molecule has 8 heteroatoms. The van der Waals surface area contributed by atoms with E-state index in [0.717, 1.165) is 13.1 Å². The highest BCUT2D eigenvalue weighted by Gasteiger charge is 2.49. The van der Waals surface area contributed by atoms with Crippen molar-refractivity contribution in [2.75, 3.05) is 32.8 Å². The number of piperazine rings is 1. The molecule has 0 aromatic rings. The number of alkyl halides is 2. The average molecular weight is 386 g/mol. The SMILES string of the molecule is CC1NC2C(C3CCC(F)(F)CC3)NC(N3CCOCC3)CN2C(=O)C1C. The molecular formula is C19H32F2N4O2. The van der Waals surface area contributed by atoms with Crippen molar-refractivity contribution in [2.24, 2.45) is 11.8 Å². The van der Waals surface area contributed by atoms with Crippen LogP contribution in [0.5, 0.6) is 0 Å². The van der Waals surface area contributed by atoms with Gasteiger partial charge >= 0.3 is 0 Å². The van der Waals surface area contributed by atoms with Crippen molar-refractivity contribution >= 4 is 5.91 Å². The number of amides is 1. The highest BCUT2D eigenvalue weighted by atomic mass is 19.3. The molecule has 3 heterocycles. The number of hydrogen-bond donors (Lipinski definition) is 2. The maximum Gasteiger partial charge on any atom is 0.248 e. The molecular weight excluding hydrogens is 354 g/mol. The lowest BCUT2D eigenvalue weighted by molar-refractivity contribution is -0.154. The van der Waals surface area contributed by atoms with Gasteiger partial charge in [-0.3, -0.25) is 20.3 Å². The lowest BCUT2D eigenvalue weighted by Crippen LogP contribution is -2.77. The van der Waals surface area contributed by atoms with Crippen LogP contribution in [0.2, 0.25) is 0 Å². The maximum absolute atomic E-state index is 13.7. The molecule has 4 fully saturated rings. The summed E-state index contributed by atoms with van der Waals surface area (Å²) in [5, 5.41) is 7.35. The lowest BCUT2D eigenvalue weighted by atomic mass is 9.78. The maximum atomic E-state index is 13.7. The molecule has 27 heavy (non-hydrogen) atoms. The van der Waals surface area contributed by atoms with Gasteiger partial charge in [0.05, 0.1) is 38.0 Å². The average Bonchev–Trinajstić information content (AvgIpc) is 2.67. The van der Waals surface area contributed by atoms with Crippen LogP contribution in [-0.4, -0.2) is 78.9 Å². The van der Waals surface area contributed by atoms with Crippen molar-refractivity contribution in [3.63, 3.8) is 0 Å². The molecule has 4 aliphatic rings. The van der Waals surface area contributed by atoms with Crippen LogP contribution in [0.15, 0.2) is 0 Å². The van der Waals surface area contributed by atoms with E-state index >= 15 is 0 Å². The fourth-order valence-corrected chi connectivity index (χ4v) is 5.10. The molecule has 0 bridgehead atoms. The highest BCUT2D eigenvalue weighted by Crippen LogP contribution is 2.40. The molecule has 2 N–H and O–H groups in total. The predicted octanol–water partition coefficient (Wildman–Crippen LogP) is 1.22. The summed E-state index contributed by atoms with van der Waals surface area (Å²) in [5.74, 6) is -2.27. The molecule has 5 unspecified atom stereocenters. The van der Waals surface area contributed by atoms with Gasteiger partial charge in [0.25, 0.3) is 0 Å². The number of carbonyl (C=O) groups is 1. The first-order valence-corrected chi connectivity index (χ1v) is 10.4. The van der Waals surface area contributed by atoms with E-state index in [1.807, 2.05) is 18.7 Å². The molecule has 3 aliphatic heterocycles. The summed E-state index contributed by atoms with van der Waals surface area (Å²) in [5.41, 5.74) is 0. The number of rotatable bonds is 2. The van der Waals surface area contributed by atoms with Crippen LogP contribution < -0.4 is 10.6 Å². The summed E-state index contributed by atoms with van der Waals surface area (Å²) in [6.07, 6.45) is 0.853. The summed E-state index contributed by atoms with van der Waals surface area (Å²) in [4.78, 5) is 17.3. The summed E-state index contributed by atoms with van der Waals surface area (Å²) in [6.45, 7) is 7.70. The largest absolute Gasteiger partial charge is 0.379 e. The van der Waals surface area contributed by atoms with Crippen LogP contribution in [0.25, 0.3) is 0 Å². The second kappa shape index (κ2) is 7.54. The Morgan fingerprint density at radius 2 is 1.78 bits per heavy atom. The van der Waals surface area contributed by atoms with Gasteiger partial charge in [0.15, 0.2) is 0 Å². The summed E-state index contributed by atoms with van der Waals surface area (Å²) >= 11 is 0. The first-order valence-electron chi connectivity index (χ1n) is 10.4. The number of halogens is 2. The Kier molecular flexibility index (Phi) is 5.44. The van der Waals surface area contributed by atoms with E-state index in [0.29, 0.717) is 32.6 Å². The molecule has 5 atom stereocenters. The topological polar surface area (TPSA) is 56.8 Å². The minimum absolute atomic E-state index is 0.00148. The van der Waals surface area contributed by atoms with E-state index in [-0.39, 0.29) is 55.0 Å². The van der Waals surface area contributed by atoms with Gasteiger partial charge in [-0.1, -0.05) is 6.92 Å². The summed E-state index contributed by atoms with van der Waals surface area (Å²) in [6, 6.07) is 0.0922. The van der Waals surface area contributed by atoms with Gasteiger partial charge in [-0.2, -0.15) is 0 Å². The van der Waals surface area contributed by atoms with E-state index in [9.17, 15) is 13.6 Å². The Balaban J connectivity index is 1.55. The Morgan fingerprint density at radius 1 is 1.11 bits per heavy atom. The Hall–Kier alpha value is -0.830.